The predicted molar refractivity (Wildman–Crippen MR) is 56.8 cm³/mol. The summed E-state index contributed by atoms with van der Waals surface area (Å²) in [5.74, 6) is 0.496. The summed E-state index contributed by atoms with van der Waals surface area (Å²) < 4.78 is 35.7. The van der Waals surface area contributed by atoms with Crippen LogP contribution in [0.5, 0.6) is 0 Å². The van der Waals surface area contributed by atoms with E-state index in [0.717, 1.165) is 12.8 Å². The number of alkyl halides is 3. The maximum absolute atomic E-state index is 11.9. The van der Waals surface area contributed by atoms with E-state index in [-0.39, 0.29) is 6.54 Å². The first-order chi connectivity index (χ1) is 6.85. The lowest BCUT2D eigenvalue weighted by atomic mass is 10.0. The molecule has 1 nitrogen and oxygen atoms in total. The van der Waals surface area contributed by atoms with Crippen molar-refractivity contribution in [2.24, 2.45) is 5.92 Å². The van der Waals surface area contributed by atoms with Gasteiger partial charge in [0.2, 0.25) is 0 Å². The molecule has 0 heterocycles. The van der Waals surface area contributed by atoms with Crippen LogP contribution in [0.4, 0.5) is 13.2 Å². The van der Waals surface area contributed by atoms with Crippen LogP contribution < -0.4 is 0 Å². The molecular weight excluding hydrogens is 203 g/mol. The number of rotatable bonds is 7. The molecule has 0 aromatic heterocycles. The summed E-state index contributed by atoms with van der Waals surface area (Å²) in [5, 5.41) is 0. The van der Waals surface area contributed by atoms with Crippen molar-refractivity contribution in [3.63, 3.8) is 0 Å². The molecule has 0 aromatic rings. The second-order valence-corrected chi connectivity index (χ2v) is 4.09. The number of hydrogen-bond acceptors (Lipinski definition) is 1. The van der Waals surface area contributed by atoms with Crippen LogP contribution in [0.3, 0.4) is 0 Å². The Morgan fingerprint density at radius 3 is 2.40 bits per heavy atom. The van der Waals surface area contributed by atoms with E-state index in [1.54, 1.807) is 11.9 Å². The lowest BCUT2D eigenvalue weighted by Gasteiger charge is -2.19. The molecule has 0 amide bonds. The molecule has 0 bridgehead atoms. The summed E-state index contributed by atoms with van der Waals surface area (Å²) in [7, 11) is 1.73. The molecule has 0 N–H and O–H groups in total. The van der Waals surface area contributed by atoms with Crippen LogP contribution >= 0.6 is 0 Å². The highest BCUT2D eigenvalue weighted by Crippen LogP contribution is 2.19. The van der Waals surface area contributed by atoms with Crippen LogP contribution in [0, 0.1) is 5.92 Å². The van der Waals surface area contributed by atoms with E-state index in [2.05, 4.69) is 13.5 Å². The van der Waals surface area contributed by atoms with Crippen molar-refractivity contribution in [3.8, 4) is 0 Å². The minimum atomic E-state index is -4.04. The van der Waals surface area contributed by atoms with Crippen LogP contribution in [0.2, 0.25) is 0 Å². The van der Waals surface area contributed by atoms with Gasteiger partial charge in [0.15, 0.2) is 0 Å². The Morgan fingerprint density at radius 1 is 1.33 bits per heavy atom. The maximum Gasteiger partial charge on any atom is 0.390 e. The van der Waals surface area contributed by atoms with E-state index in [1.807, 2.05) is 6.08 Å². The summed E-state index contributed by atoms with van der Waals surface area (Å²) in [6.45, 7) is 6.52. The van der Waals surface area contributed by atoms with Crippen molar-refractivity contribution in [1.29, 1.82) is 0 Å². The molecule has 0 rings (SSSR count). The van der Waals surface area contributed by atoms with E-state index in [9.17, 15) is 13.2 Å². The molecule has 15 heavy (non-hydrogen) atoms. The van der Waals surface area contributed by atoms with Crippen molar-refractivity contribution >= 4 is 0 Å². The van der Waals surface area contributed by atoms with Crippen molar-refractivity contribution < 1.29 is 13.2 Å². The van der Waals surface area contributed by atoms with Gasteiger partial charge in [0.25, 0.3) is 0 Å². The summed E-state index contributed by atoms with van der Waals surface area (Å²) in [5.41, 5.74) is 0. The summed E-state index contributed by atoms with van der Waals surface area (Å²) in [6, 6.07) is 0. The Morgan fingerprint density at radius 2 is 1.93 bits per heavy atom. The van der Waals surface area contributed by atoms with Gasteiger partial charge in [-0.15, -0.1) is 6.58 Å². The smallest absolute Gasteiger partial charge is 0.306 e. The molecule has 0 fully saturated rings. The predicted octanol–water partition coefficient (Wildman–Crippen LogP) is 3.47. The molecule has 0 aromatic carbocycles. The second-order valence-electron chi connectivity index (χ2n) is 4.09. The molecule has 1 unspecified atom stereocenters. The monoisotopic (exact) mass is 223 g/mol. The molecule has 0 aliphatic carbocycles. The highest BCUT2D eigenvalue weighted by atomic mass is 19.4. The average molecular weight is 223 g/mol. The van der Waals surface area contributed by atoms with Gasteiger partial charge in [-0.05, 0) is 32.4 Å². The molecule has 1 atom stereocenters. The lowest BCUT2D eigenvalue weighted by molar-refractivity contribution is -0.137. The largest absolute Gasteiger partial charge is 0.390 e. The molecule has 0 spiro atoms. The van der Waals surface area contributed by atoms with Gasteiger partial charge in [-0.3, -0.25) is 0 Å². The Labute approximate surface area is 90.0 Å². The third kappa shape index (κ3) is 9.79. The third-order valence-corrected chi connectivity index (χ3v) is 2.35. The summed E-state index contributed by atoms with van der Waals surface area (Å²) in [4.78, 5) is 1.73. The maximum atomic E-state index is 11.9. The Kier molecular flexibility index (Phi) is 6.65. The minimum absolute atomic E-state index is 0.0876. The van der Waals surface area contributed by atoms with E-state index in [0.29, 0.717) is 12.5 Å². The number of hydrogen-bond donors (Lipinski definition) is 0. The first-order valence-corrected chi connectivity index (χ1v) is 5.21. The zero-order valence-corrected chi connectivity index (χ0v) is 9.48. The van der Waals surface area contributed by atoms with Gasteiger partial charge >= 0.3 is 6.18 Å². The van der Waals surface area contributed by atoms with Gasteiger partial charge in [-0.1, -0.05) is 13.0 Å². The van der Waals surface area contributed by atoms with Gasteiger partial charge in [0.05, 0.1) is 6.42 Å². The van der Waals surface area contributed by atoms with Crippen LogP contribution in [0.15, 0.2) is 12.7 Å². The standard InChI is InChI=1S/C11H20F3N/c1-4-5-10(2)6-8-15(3)9-7-11(12,13)14/h4,10H,1,5-9H2,2-3H3. The van der Waals surface area contributed by atoms with E-state index < -0.39 is 12.6 Å². The molecule has 0 saturated heterocycles. The minimum Gasteiger partial charge on any atom is -0.306 e. The van der Waals surface area contributed by atoms with E-state index in [4.69, 9.17) is 0 Å². The average Bonchev–Trinajstić information content (AvgIpc) is 2.11. The number of nitrogens with zero attached hydrogens (tertiary/aromatic N) is 1. The number of halogens is 3. The highest BCUT2D eigenvalue weighted by molar-refractivity contribution is 4.71. The fourth-order valence-electron chi connectivity index (χ4n) is 1.27. The second kappa shape index (κ2) is 6.88. The lowest BCUT2D eigenvalue weighted by Crippen LogP contribution is -2.26. The number of allylic oxidation sites excluding steroid dienone is 1. The Balaban J connectivity index is 3.57. The molecular formula is C11H20F3N. The summed E-state index contributed by atoms with van der Waals surface area (Å²) >= 11 is 0. The third-order valence-electron chi connectivity index (χ3n) is 2.35. The topological polar surface area (TPSA) is 3.24 Å². The first-order valence-electron chi connectivity index (χ1n) is 5.21. The van der Waals surface area contributed by atoms with Gasteiger partial charge in [0.1, 0.15) is 0 Å². The molecule has 0 saturated carbocycles. The van der Waals surface area contributed by atoms with E-state index in [1.165, 1.54) is 0 Å². The van der Waals surface area contributed by atoms with E-state index >= 15 is 0 Å². The fraction of sp³-hybridized carbons (Fsp3) is 0.818. The van der Waals surface area contributed by atoms with Gasteiger partial charge in [-0.2, -0.15) is 13.2 Å². The normalized spacial score (nSPS) is 14.3. The van der Waals surface area contributed by atoms with Crippen LogP contribution in [-0.4, -0.2) is 31.2 Å². The zero-order chi connectivity index (χ0) is 11.9. The van der Waals surface area contributed by atoms with Gasteiger partial charge in [-0.25, -0.2) is 0 Å². The van der Waals surface area contributed by atoms with Crippen molar-refractivity contribution in [3.05, 3.63) is 12.7 Å². The Hall–Kier alpha value is -0.510. The highest BCUT2D eigenvalue weighted by Gasteiger charge is 2.26. The van der Waals surface area contributed by atoms with Crippen LogP contribution in [0.1, 0.15) is 26.2 Å². The van der Waals surface area contributed by atoms with Gasteiger partial charge < -0.3 is 4.90 Å². The Bertz CT molecular complexity index is 177. The quantitative estimate of drug-likeness (QED) is 0.597. The molecule has 0 radical (unpaired) electrons. The van der Waals surface area contributed by atoms with Crippen LogP contribution in [-0.2, 0) is 0 Å². The molecule has 0 aliphatic heterocycles. The van der Waals surface area contributed by atoms with Crippen molar-refractivity contribution in [1.82, 2.24) is 4.90 Å². The summed E-state index contributed by atoms with van der Waals surface area (Å²) in [6.07, 6.45) is -1.08. The van der Waals surface area contributed by atoms with Crippen molar-refractivity contribution in [2.75, 3.05) is 20.1 Å². The van der Waals surface area contributed by atoms with Gasteiger partial charge in [0, 0.05) is 6.54 Å². The molecule has 0 aliphatic rings. The molecule has 4 heteroatoms. The molecule has 90 valence electrons. The first kappa shape index (κ1) is 14.5. The van der Waals surface area contributed by atoms with Crippen molar-refractivity contribution in [2.45, 2.75) is 32.4 Å². The zero-order valence-electron chi connectivity index (χ0n) is 9.48. The SMILES string of the molecule is C=CCC(C)CCN(C)CCC(F)(F)F. The van der Waals surface area contributed by atoms with Crippen LogP contribution in [0.25, 0.3) is 0 Å². The fourth-order valence-corrected chi connectivity index (χ4v) is 1.27.